The summed E-state index contributed by atoms with van der Waals surface area (Å²) in [6.07, 6.45) is 0.779. The Bertz CT molecular complexity index is 839. The van der Waals surface area contributed by atoms with Gasteiger partial charge in [-0.05, 0) is 24.3 Å². The first-order valence-electron chi connectivity index (χ1n) is 7.59. The zero-order valence-corrected chi connectivity index (χ0v) is 13.2. The first-order valence-corrected chi connectivity index (χ1v) is 7.59. The van der Waals surface area contributed by atoms with Crippen molar-refractivity contribution in [3.8, 4) is 5.75 Å². The van der Waals surface area contributed by atoms with E-state index in [0.717, 1.165) is 29.0 Å². The van der Waals surface area contributed by atoms with Crippen LogP contribution in [0.15, 0.2) is 48.5 Å². The van der Waals surface area contributed by atoms with E-state index in [9.17, 15) is 4.79 Å². The molecule has 0 spiro atoms. The van der Waals surface area contributed by atoms with Crippen molar-refractivity contribution in [3.05, 3.63) is 54.4 Å². The van der Waals surface area contributed by atoms with Gasteiger partial charge in [-0.1, -0.05) is 25.1 Å². The number of carbonyl (C=O) groups is 1. The highest BCUT2D eigenvalue weighted by Gasteiger charge is 2.12. The number of methoxy groups -OCH3 is 1. The van der Waals surface area contributed by atoms with Crippen LogP contribution in [-0.2, 0) is 17.8 Å². The summed E-state index contributed by atoms with van der Waals surface area (Å²) in [4.78, 5) is 17.0. The van der Waals surface area contributed by atoms with E-state index in [2.05, 4.69) is 10.3 Å². The van der Waals surface area contributed by atoms with Gasteiger partial charge in [0.25, 0.3) is 0 Å². The highest BCUT2D eigenvalue weighted by atomic mass is 16.5. The lowest BCUT2D eigenvalue weighted by molar-refractivity contribution is -0.116. The third kappa shape index (κ3) is 3.18. The number of fused-ring (bicyclic) bond motifs is 1. The van der Waals surface area contributed by atoms with E-state index in [-0.39, 0.29) is 12.5 Å². The highest BCUT2D eigenvalue weighted by molar-refractivity contribution is 5.92. The van der Waals surface area contributed by atoms with Crippen LogP contribution in [0.4, 0.5) is 5.69 Å². The molecule has 0 saturated carbocycles. The number of aryl methyl sites for hydroxylation is 1. The van der Waals surface area contributed by atoms with Crippen LogP contribution in [0.25, 0.3) is 11.0 Å². The van der Waals surface area contributed by atoms with E-state index >= 15 is 0 Å². The number of rotatable bonds is 5. The van der Waals surface area contributed by atoms with Crippen LogP contribution in [0, 0.1) is 0 Å². The molecule has 1 aromatic heterocycles. The van der Waals surface area contributed by atoms with Gasteiger partial charge in [0.15, 0.2) is 0 Å². The van der Waals surface area contributed by atoms with Crippen molar-refractivity contribution in [2.75, 3.05) is 12.4 Å². The van der Waals surface area contributed by atoms with Gasteiger partial charge in [-0.2, -0.15) is 0 Å². The van der Waals surface area contributed by atoms with Crippen LogP contribution >= 0.6 is 0 Å². The number of nitrogens with one attached hydrogen (secondary N) is 1. The molecule has 0 atom stereocenters. The van der Waals surface area contributed by atoms with Crippen LogP contribution in [-0.4, -0.2) is 22.6 Å². The Morgan fingerprint density at radius 2 is 2.04 bits per heavy atom. The van der Waals surface area contributed by atoms with Gasteiger partial charge in [0.2, 0.25) is 5.91 Å². The predicted molar refractivity (Wildman–Crippen MR) is 90.7 cm³/mol. The van der Waals surface area contributed by atoms with E-state index < -0.39 is 0 Å². The molecule has 118 valence electrons. The predicted octanol–water partition coefficient (Wildman–Crippen LogP) is 3.25. The fourth-order valence-electron chi connectivity index (χ4n) is 2.62. The minimum atomic E-state index is -0.0869. The fraction of sp³-hybridized carbons (Fsp3) is 0.222. The van der Waals surface area contributed by atoms with Gasteiger partial charge in [-0.15, -0.1) is 0 Å². The van der Waals surface area contributed by atoms with Gasteiger partial charge < -0.3 is 14.6 Å². The van der Waals surface area contributed by atoms with Crippen LogP contribution in [0.1, 0.15) is 12.7 Å². The van der Waals surface area contributed by atoms with Crippen molar-refractivity contribution in [2.24, 2.45) is 0 Å². The first kappa shape index (κ1) is 15.1. The average Bonchev–Trinajstić information content (AvgIpc) is 2.93. The number of hydrogen-bond acceptors (Lipinski definition) is 3. The van der Waals surface area contributed by atoms with Gasteiger partial charge in [0.05, 0.1) is 18.1 Å². The number of imidazole rings is 1. The Hall–Kier alpha value is -2.82. The minimum absolute atomic E-state index is 0.0869. The number of carbonyl (C=O) groups excluding carboxylic acids is 1. The average molecular weight is 309 g/mol. The standard InChI is InChI=1S/C18H19N3O2/c1-3-17-20-15-9-4-5-10-16(15)21(17)12-18(22)19-13-7-6-8-14(11-13)23-2/h4-11H,3,12H2,1-2H3,(H,19,22). The molecule has 23 heavy (non-hydrogen) atoms. The van der Waals surface area contributed by atoms with Gasteiger partial charge in [-0.3, -0.25) is 4.79 Å². The van der Waals surface area contributed by atoms with E-state index in [1.165, 1.54) is 0 Å². The number of aromatic nitrogens is 2. The Balaban J connectivity index is 1.82. The monoisotopic (exact) mass is 309 g/mol. The summed E-state index contributed by atoms with van der Waals surface area (Å²) in [5, 5.41) is 2.90. The maximum absolute atomic E-state index is 12.4. The molecular weight excluding hydrogens is 290 g/mol. The van der Waals surface area contributed by atoms with Crippen molar-refractivity contribution < 1.29 is 9.53 Å². The summed E-state index contributed by atoms with van der Waals surface area (Å²) in [5.74, 6) is 1.54. The molecule has 3 aromatic rings. The molecule has 0 aliphatic heterocycles. The van der Waals surface area contributed by atoms with E-state index in [4.69, 9.17) is 4.74 Å². The number of anilines is 1. The molecule has 5 heteroatoms. The van der Waals surface area contributed by atoms with E-state index in [1.54, 1.807) is 13.2 Å². The lowest BCUT2D eigenvalue weighted by Crippen LogP contribution is -2.20. The maximum Gasteiger partial charge on any atom is 0.244 e. The molecule has 0 unspecified atom stereocenters. The molecule has 0 bridgehead atoms. The topological polar surface area (TPSA) is 56.2 Å². The minimum Gasteiger partial charge on any atom is -0.497 e. The Morgan fingerprint density at radius 1 is 1.22 bits per heavy atom. The SMILES string of the molecule is CCc1nc2ccccc2n1CC(=O)Nc1cccc(OC)c1. The van der Waals surface area contributed by atoms with E-state index in [1.807, 2.05) is 54.0 Å². The number of amides is 1. The van der Waals surface area contributed by atoms with Crippen molar-refractivity contribution in [1.29, 1.82) is 0 Å². The summed E-state index contributed by atoms with van der Waals surface area (Å²) in [6, 6.07) is 15.2. The third-order valence-electron chi connectivity index (χ3n) is 3.71. The summed E-state index contributed by atoms with van der Waals surface area (Å²) >= 11 is 0. The Kier molecular flexibility index (Phi) is 4.28. The highest BCUT2D eigenvalue weighted by Crippen LogP contribution is 2.18. The molecule has 2 aromatic carbocycles. The largest absolute Gasteiger partial charge is 0.497 e. The van der Waals surface area contributed by atoms with Crippen LogP contribution in [0.2, 0.25) is 0 Å². The van der Waals surface area contributed by atoms with E-state index in [0.29, 0.717) is 5.75 Å². The van der Waals surface area contributed by atoms with Crippen molar-refractivity contribution in [2.45, 2.75) is 19.9 Å². The number of nitrogens with zero attached hydrogens (tertiary/aromatic N) is 2. The number of ether oxygens (including phenoxy) is 1. The van der Waals surface area contributed by atoms with Gasteiger partial charge in [0, 0.05) is 18.2 Å². The second kappa shape index (κ2) is 6.52. The molecule has 0 radical (unpaired) electrons. The molecule has 0 saturated heterocycles. The molecule has 1 heterocycles. The zero-order valence-electron chi connectivity index (χ0n) is 13.2. The van der Waals surface area contributed by atoms with Gasteiger partial charge in [0.1, 0.15) is 18.1 Å². The number of benzene rings is 2. The van der Waals surface area contributed by atoms with Crippen LogP contribution in [0.3, 0.4) is 0 Å². The zero-order chi connectivity index (χ0) is 16.2. The third-order valence-corrected chi connectivity index (χ3v) is 3.71. The molecular formula is C18H19N3O2. The number of hydrogen-bond donors (Lipinski definition) is 1. The summed E-state index contributed by atoms with van der Waals surface area (Å²) in [7, 11) is 1.60. The quantitative estimate of drug-likeness (QED) is 0.787. The van der Waals surface area contributed by atoms with Crippen molar-refractivity contribution in [1.82, 2.24) is 9.55 Å². The molecule has 1 N–H and O–H groups in total. The van der Waals surface area contributed by atoms with Crippen LogP contribution < -0.4 is 10.1 Å². The van der Waals surface area contributed by atoms with Gasteiger partial charge in [-0.25, -0.2) is 4.98 Å². The molecule has 0 aliphatic carbocycles. The molecule has 3 rings (SSSR count). The Morgan fingerprint density at radius 3 is 2.83 bits per heavy atom. The second-order valence-corrected chi connectivity index (χ2v) is 5.24. The smallest absolute Gasteiger partial charge is 0.244 e. The second-order valence-electron chi connectivity index (χ2n) is 5.24. The molecule has 0 aliphatic rings. The fourth-order valence-corrected chi connectivity index (χ4v) is 2.62. The summed E-state index contributed by atoms with van der Waals surface area (Å²) in [5.41, 5.74) is 2.61. The normalized spacial score (nSPS) is 10.7. The maximum atomic E-state index is 12.4. The van der Waals surface area contributed by atoms with Gasteiger partial charge >= 0.3 is 0 Å². The molecule has 5 nitrogen and oxygen atoms in total. The Labute approximate surface area is 134 Å². The molecule has 1 amide bonds. The summed E-state index contributed by atoms with van der Waals surface area (Å²) in [6.45, 7) is 2.28. The summed E-state index contributed by atoms with van der Waals surface area (Å²) < 4.78 is 7.13. The molecule has 0 fully saturated rings. The lowest BCUT2D eigenvalue weighted by Gasteiger charge is -2.10. The van der Waals surface area contributed by atoms with Crippen molar-refractivity contribution >= 4 is 22.6 Å². The van der Waals surface area contributed by atoms with Crippen LogP contribution in [0.5, 0.6) is 5.75 Å². The van der Waals surface area contributed by atoms with Crippen molar-refractivity contribution in [3.63, 3.8) is 0 Å². The lowest BCUT2D eigenvalue weighted by atomic mass is 10.3. The number of para-hydroxylation sites is 2. The first-order chi connectivity index (χ1) is 11.2.